The number of carbonyl (C=O) groups excluding carboxylic acids is 2. The number of para-hydroxylation sites is 1. The van der Waals surface area contributed by atoms with Crippen LogP contribution in [0.2, 0.25) is 0 Å². The first-order chi connectivity index (χ1) is 16.8. The van der Waals surface area contributed by atoms with Gasteiger partial charge in [-0.05, 0) is 54.8 Å². The van der Waals surface area contributed by atoms with Crippen LogP contribution in [0.5, 0.6) is 0 Å². The summed E-state index contributed by atoms with van der Waals surface area (Å²) in [4.78, 5) is 25.8. The van der Waals surface area contributed by atoms with Crippen LogP contribution in [0.3, 0.4) is 0 Å². The van der Waals surface area contributed by atoms with Gasteiger partial charge in [-0.1, -0.05) is 42.5 Å². The van der Waals surface area contributed by atoms with E-state index in [1.807, 2.05) is 30.3 Å². The van der Waals surface area contributed by atoms with Crippen molar-refractivity contribution in [2.45, 2.75) is 24.3 Å². The lowest BCUT2D eigenvalue weighted by Gasteiger charge is -2.31. The number of nitrogens with one attached hydrogen (secondary N) is 2. The first-order valence-electron chi connectivity index (χ1n) is 11.3. The van der Waals surface area contributed by atoms with Crippen molar-refractivity contribution in [3.63, 3.8) is 0 Å². The minimum absolute atomic E-state index is 0.00785. The zero-order valence-corrected chi connectivity index (χ0v) is 19.8. The molecule has 0 bridgehead atoms. The van der Waals surface area contributed by atoms with E-state index in [2.05, 4.69) is 10.6 Å². The molecule has 1 heterocycles. The zero-order valence-electron chi connectivity index (χ0n) is 19.0. The highest BCUT2D eigenvalue weighted by Gasteiger charge is 2.33. The number of sulfonamides is 1. The average molecular weight is 496 g/mol. The van der Waals surface area contributed by atoms with Crippen LogP contribution in [0.1, 0.15) is 28.8 Å². The number of rotatable bonds is 7. The molecule has 3 aromatic rings. The lowest BCUT2D eigenvalue weighted by atomic mass is 9.98. The maximum absolute atomic E-state index is 13.2. The highest BCUT2D eigenvalue weighted by molar-refractivity contribution is 7.89. The van der Waals surface area contributed by atoms with Crippen molar-refractivity contribution < 1.29 is 22.4 Å². The summed E-state index contributed by atoms with van der Waals surface area (Å²) in [5.74, 6) is -1.79. The SMILES string of the molecule is O=C(NCc1ccccc1)c1ccccc1NC(=O)[C@@H]1CCCN(S(=O)(=O)c2ccc(F)cc2)C1. The summed E-state index contributed by atoms with van der Waals surface area (Å²) in [6, 6.07) is 20.8. The number of hydrogen-bond donors (Lipinski definition) is 2. The minimum atomic E-state index is -3.85. The summed E-state index contributed by atoms with van der Waals surface area (Å²) in [5, 5.41) is 5.66. The van der Waals surface area contributed by atoms with E-state index in [0.717, 1.165) is 17.7 Å². The van der Waals surface area contributed by atoms with E-state index in [1.165, 1.54) is 16.4 Å². The molecular formula is C26H26FN3O4S. The highest BCUT2D eigenvalue weighted by Crippen LogP contribution is 2.26. The molecule has 1 atom stereocenters. The van der Waals surface area contributed by atoms with E-state index in [-0.39, 0.29) is 29.8 Å². The van der Waals surface area contributed by atoms with Gasteiger partial charge in [0.25, 0.3) is 5.91 Å². The van der Waals surface area contributed by atoms with Gasteiger partial charge in [-0.3, -0.25) is 9.59 Å². The van der Waals surface area contributed by atoms with Gasteiger partial charge in [0, 0.05) is 19.6 Å². The van der Waals surface area contributed by atoms with Gasteiger partial charge >= 0.3 is 0 Å². The van der Waals surface area contributed by atoms with Crippen LogP contribution in [-0.2, 0) is 21.4 Å². The quantitative estimate of drug-likeness (QED) is 0.521. The fourth-order valence-corrected chi connectivity index (χ4v) is 5.55. The van der Waals surface area contributed by atoms with E-state index in [0.29, 0.717) is 30.6 Å². The van der Waals surface area contributed by atoms with E-state index in [4.69, 9.17) is 0 Å². The first-order valence-corrected chi connectivity index (χ1v) is 12.8. The molecule has 2 amide bonds. The molecule has 3 aromatic carbocycles. The topological polar surface area (TPSA) is 95.6 Å². The molecular weight excluding hydrogens is 469 g/mol. The van der Waals surface area contributed by atoms with Crippen LogP contribution in [0, 0.1) is 11.7 Å². The first kappa shape index (κ1) is 24.6. The summed E-state index contributed by atoms with van der Waals surface area (Å²) in [5.41, 5.74) is 1.64. The Morgan fingerprint density at radius 2 is 1.63 bits per heavy atom. The number of carbonyl (C=O) groups is 2. The lowest BCUT2D eigenvalue weighted by Crippen LogP contribution is -2.43. The lowest BCUT2D eigenvalue weighted by molar-refractivity contribution is -0.120. The summed E-state index contributed by atoms with van der Waals surface area (Å²) in [6.45, 7) is 0.636. The fourth-order valence-electron chi connectivity index (χ4n) is 4.03. The van der Waals surface area contributed by atoms with Crippen LogP contribution >= 0.6 is 0 Å². The van der Waals surface area contributed by atoms with Crippen LogP contribution < -0.4 is 10.6 Å². The molecule has 0 unspecified atom stereocenters. The van der Waals surface area contributed by atoms with Crippen molar-refractivity contribution in [1.29, 1.82) is 0 Å². The van der Waals surface area contributed by atoms with Crippen molar-refractivity contribution in [3.8, 4) is 0 Å². The number of nitrogens with zero attached hydrogens (tertiary/aromatic N) is 1. The number of piperidine rings is 1. The second-order valence-corrected chi connectivity index (χ2v) is 10.3. The van der Waals surface area contributed by atoms with Crippen molar-refractivity contribution >= 4 is 27.5 Å². The van der Waals surface area contributed by atoms with E-state index in [1.54, 1.807) is 24.3 Å². The summed E-state index contributed by atoms with van der Waals surface area (Å²) >= 11 is 0. The monoisotopic (exact) mass is 495 g/mol. The predicted molar refractivity (Wildman–Crippen MR) is 131 cm³/mol. The largest absolute Gasteiger partial charge is 0.348 e. The Morgan fingerprint density at radius 1 is 0.943 bits per heavy atom. The molecule has 0 aromatic heterocycles. The summed E-state index contributed by atoms with van der Waals surface area (Å²) in [7, 11) is -3.85. The molecule has 0 radical (unpaired) electrons. The Bertz CT molecular complexity index is 1300. The van der Waals surface area contributed by atoms with Gasteiger partial charge in [0.15, 0.2) is 0 Å². The number of halogens is 1. The molecule has 1 saturated heterocycles. The zero-order chi connectivity index (χ0) is 24.8. The van der Waals surface area contributed by atoms with Crippen molar-refractivity contribution in [2.24, 2.45) is 5.92 Å². The van der Waals surface area contributed by atoms with Crippen LogP contribution in [0.15, 0.2) is 83.8 Å². The molecule has 9 heteroatoms. The van der Waals surface area contributed by atoms with Crippen LogP contribution in [0.25, 0.3) is 0 Å². The van der Waals surface area contributed by atoms with Gasteiger partial charge < -0.3 is 10.6 Å². The maximum Gasteiger partial charge on any atom is 0.253 e. The average Bonchev–Trinajstić information content (AvgIpc) is 2.88. The van der Waals surface area contributed by atoms with E-state index in [9.17, 15) is 22.4 Å². The molecule has 7 nitrogen and oxygen atoms in total. The Morgan fingerprint density at radius 3 is 2.37 bits per heavy atom. The second kappa shape index (κ2) is 10.8. The van der Waals surface area contributed by atoms with Crippen LogP contribution in [-0.4, -0.2) is 37.6 Å². The molecule has 182 valence electrons. The fraction of sp³-hybridized carbons (Fsp3) is 0.231. The van der Waals surface area contributed by atoms with E-state index < -0.39 is 21.8 Å². The van der Waals surface area contributed by atoms with Gasteiger partial charge in [-0.2, -0.15) is 4.31 Å². The Balaban J connectivity index is 1.43. The van der Waals surface area contributed by atoms with Gasteiger partial charge in [-0.25, -0.2) is 12.8 Å². The van der Waals surface area contributed by atoms with E-state index >= 15 is 0 Å². The molecule has 35 heavy (non-hydrogen) atoms. The van der Waals surface area contributed by atoms with Crippen molar-refractivity contribution in [2.75, 3.05) is 18.4 Å². The van der Waals surface area contributed by atoms with Gasteiger partial charge in [-0.15, -0.1) is 0 Å². The number of anilines is 1. The van der Waals surface area contributed by atoms with Crippen molar-refractivity contribution in [3.05, 3.63) is 95.8 Å². The Kier molecular flexibility index (Phi) is 7.57. The van der Waals surface area contributed by atoms with Crippen molar-refractivity contribution in [1.82, 2.24) is 9.62 Å². The molecule has 1 fully saturated rings. The number of benzene rings is 3. The molecule has 1 aliphatic rings. The highest BCUT2D eigenvalue weighted by atomic mass is 32.2. The normalized spacial score (nSPS) is 16.4. The van der Waals surface area contributed by atoms with Gasteiger partial charge in [0.2, 0.25) is 15.9 Å². The second-order valence-electron chi connectivity index (χ2n) is 8.36. The molecule has 2 N–H and O–H groups in total. The maximum atomic E-state index is 13.2. The van der Waals surface area contributed by atoms with Gasteiger partial charge in [0.05, 0.1) is 22.1 Å². The molecule has 4 rings (SSSR count). The molecule has 1 aliphatic heterocycles. The third-order valence-electron chi connectivity index (χ3n) is 5.93. The Hall–Kier alpha value is -3.56. The number of hydrogen-bond acceptors (Lipinski definition) is 4. The summed E-state index contributed by atoms with van der Waals surface area (Å²) < 4.78 is 40.4. The minimum Gasteiger partial charge on any atom is -0.348 e. The molecule has 0 aliphatic carbocycles. The predicted octanol–water partition coefficient (Wildman–Crippen LogP) is 3.80. The molecule has 0 spiro atoms. The Labute approximate surface area is 204 Å². The summed E-state index contributed by atoms with van der Waals surface area (Å²) in [6.07, 6.45) is 1.03. The molecule has 0 saturated carbocycles. The standard InChI is InChI=1S/C26H26FN3O4S/c27-21-12-14-22(15-13-21)35(33,34)30-16-6-9-20(18-30)25(31)29-24-11-5-4-10-23(24)26(32)28-17-19-7-2-1-3-8-19/h1-5,7-8,10-15,20H,6,9,16-18H2,(H,28,32)(H,29,31)/t20-/m1/s1. The number of amides is 2. The third-order valence-corrected chi connectivity index (χ3v) is 7.81. The van der Waals surface area contributed by atoms with Gasteiger partial charge in [0.1, 0.15) is 5.82 Å². The smallest absolute Gasteiger partial charge is 0.253 e. The third kappa shape index (κ3) is 5.93. The van der Waals surface area contributed by atoms with Crippen LogP contribution in [0.4, 0.5) is 10.1 Å².